The molecule has 142 valence electrons. The van der Waals surface area contributed by atoms with E-state index in [1.165, 1.54) is 24.3 Å². The molecule has 1 atom stereocenters. The maximum absolute atomic E-state index is 13.6. The van der Waals surface area contributed by atoms with Crippen molar-refractivity contribution >= 4 is 12.0 Å². The van der Waals surface area contributed by atoms with Crippen molar-refractivity contribution in [3.63, 3.8) is 0 Å². The van der Waals surface area contributed by atoms with Crippen LogP contribution in [0.3, 0.4) is 0 Å². The molecule has 0 saturated heterocycles. The lowest BCUT2D eigenvalue weighted by Crippen LogP contribution is -2.24. The predicted octanol–water partition coefficient (Wildman–Crippen LogP) is 5.04. The average molecular weight is 380 g/mol. The summed E-state index contributed by atoms with van der Waals surface area (Å²) in [5.41, 5.74) is 0.848. The van der Waals surface area contributed by atoms with Crippen LogP contribution < -0.4 is 10.1 Å². The Morgan fingerprint density at radius 1 is 1.07 bits per heavy atom. The smallest absolute Gasteiger partial charge is 0.244 e. The second kappa shape index (κ2) is 8.90. The Labute approximate surface area is 161 Å². The Morgan fingerprint density at radius 2 is 1.82 bits per heavy atom. The summed E-state index contributed by atoms with van der Waals surface area (Å²) in [6.07, 6.45) is 5.68. The minimum Gasteiger partial charge on any atom is -0.457 e. The van der Waals surface area contributed by atoms with Crippen LogP contribution in [0.4, 0.5) is 8.78 Å². The van der Waals surface area contributed by atoms with Crippen LogP contribution in [-0.4, -0.2) is 10.9 Å². The van der Waals surface area contributed by atoms with Gasteiger partial charge >= 0.3 is 0 Å². The van der Waals surface area contributed by atoms with Gasteiger partial charge in [0.2, 0.25) is 5.91 Å². The maximum Gasteiger partial charge on any atom is 0.244 e. The second-order valence-electron chi connectivity index (χ2n) is 6.06. The van der Waals surface area contributed by atoms with Gasteiger partial charge in [0.15, 0.2) is 11.6 Å². The fourth-order valence-electron chi connectivity index (χ4n) is 2.55. The van der Waals surface area contributed by atoms with Crippen molar-refractivity contribution < 1.29 is 18.3 Å². The summed E-state index contributed by atoms with van der Waals surface area (Å²) < 4.78 is 32.6. The summed E-state index contributed by atoms with van der Waals surface area (Å²) in [5, 5.41) is 2.78. The Morgan fingerprint density at radius 3 is 2.61 bits per heavy atom. The number of amides is 1. The first kappa shape index (κ1) is 19.2. The predicted molar refractivity (Wildman–Crippen MR) is 103 cm³/mol. The number of hydrogen-bond donors (Lipinski definition) is 1. The minimum absolute atomic E-state index is 0.00977. The average Bonchev–Trinajstić information content (AvgIpc) is 2.70. The van der Waals surface area contributed by atoms with E-state index in [9.17, 15) is 13.6 Å². The van der Waals surface area contributed by atoms with Crippen LogP contribution in [0, 0.1) is 11.6 Å². The normalized spacial score (nSPS) is 12.0. The number of benzene rings is 2. The first-order chi connectivity index (χ1) is 13.5. The van der Waals surface area contributed by atoms with Crippen molar-refractivity contribution in [2.24, 2.45) is 0 Å². The number of rotatable bonds is 6. The molecular formula is C22H18F2N2O2. The van der Waals surface area contributed by atoms with Gasteiger partial charge in [-0.1, -0.05) is 24.3 Å². The molecular weight excluding hydrogens is 362 g/mol. The van der Waals surface area contributed by atoms with Crippen LogP contribution in [0.1, 0.15) is 24.1 Å². The summed E-state index contributed by atoms with van der Waals surface area (Å²) in [6, 6.07) is 14.3. The molecule has 0 spiro atoms. The minimum atomic E-state index is -0.986. The molecule has 4 nitrogen and oxygen atoms in total. The van der Waals surface area contributed by atoms with Gasteiger partial charge in [0.25, 0.3) is 0 Å². The fourth-order valence-corrected chi connectivity index (χ4v) is 2.55. The van der Waals surface area contributed by atoms with E-state index in [0.29, 0.717) is 11.5 Å². The van der Waals surface area contributed by atoms with Crippen LogP contribution in [0.2, 0.25) is 0 Å². The number of carbonyl (C=O) groups is 1. The van der Waals surface area contributed by atoms with Crippen molar-refractivity contribution in [1.29, 1.82) is 0 Å². The Balaban J connectivity index is 1.64. The van der Waals surface area contributed by atoms with Crippen LogP contribution in [0.25, 0.3) is 6.08 Å². The van der Waals surface area contributed by atoms with Crippen molar-refractivity contribution in [2.75, 3.05) is 0 Å². The Kier molecular flexibility index (Phi) is 6.11. The SMILES string of the molecule is C[C@H](NC(=O)/C=C/c1cccc(F)c1F)c1cccc(Oc2ccncc2)c1. The molecule has 3 rings (SSSR count). The molecule has 3 aromatic rings. The molecule has 0 aliphatic carbocycles. The standard InChI is InChI=1S/C22H18F2N2O2/c1-15(26-21(27)9-8-16-4-3-7-20(23)22(16)24)17-5-2-6-19(14-17)28-18-10-12-25-13-11-18/h2-15H,1H3,(H,26,27)/b9-8+/t15-/m0/s1. The Hall–Kier alpha value is -3.54. The molecule has 6 heteroatoms. The van der Waals surface area contributed by atoms with E-state index in [4.69, 9.17) is 4.74 Å². The van der Waals surface area contributed by atoms with E-state index >= 15 is 0 Å². The van der Waals surface area contributed by atoms with Gasteiger partial charge in [0.1, 0.15) is 11.5 Å². The van der Waals surface area contributed by atoms with Gasteiger partial charge in [-0.25, -0.2) is 8.78 Å². The quantitative estimate of drug-likeness (QED) is 0.610. The summed E-state index contributed by atoms with van der Waals surface area (Å²) >= 11 is 0. The van der Waals surface area contributed by atoms with Crippen molar-refractivity contribution in [1.82, 2.24) is 10.3 Å². The van der Waals surface area contributed by atoms with Crippen molar-refractivity contribution in [3.05, 3.63) is 95.8 Å². The van der Waals surface area contributed by atoms with E-state index in [-0.39, 0.29) is 11.6 Å². The Bertz CT molecular complexity index is 991. The van der Waals surface area contributed by atoms with E-state index in [2.05, 4.69) is 10.3 Å². The monoisotopic (exact) mass is 380 g/mol. The van der Waals surface area contributed by atoms with Crippen LogP contribution >= 0.6 is 0 Å². The molecule has 0 saturated carbocycles. The number of hydrogen-bond acceptors (Lipinski definition) is 3. The van der Waals surface area contributed by atoms with Gasteiger partial charge in [0, 0.05) is 24.0 Å². The third kappa shape index (κ3) is 5.01. The zero-order chi connectivity index (χ0) is 19.9. The topological polar surface area (TPSA) is 51.2 Å². The number of halogens is 2. The number of pyridine rings is 1. The molecule has 0 radical (unpaired) electrons. The molecule has 0 aliphatic heterocycles. The zero-order valence-corrected chi connectivity index (χ0v) is 15.1. The molecule has 28 heavy (non-hydrogen) atoms. The largest absolute Gasteiger partial charge is 0.457 e. The van der Waals surface area contributed by atoms with Gasteiger partial charge in [-0.15, -0.1) is 0 Å². The highest BCUT2D eigenvalue weighted by Crippen LogP contribution is 2.24. The van der Waals surface area contributed by atoms with Gasteiger partial charge in [0.05, 0.1) is 6.04 Å². The second-order valence-corrected chi connectivity index (χ2v) is 6.06. The van der Waals surface area contributed by atoms with E-state index < -0.39 is 17.5 Å². The molecule has 1 amide bonds. The third-order valence-corrected chi connectivity index (χ3v) is 4.00. The molecule has 1 heterocycles. The molecule has 1 aromatic heterocycles. The van der Waals surface area contributed by atoms with Crippen molar-refractivity contribution in [3.8, 4) is 11.5 Å². The number of ether oxygens (including phenoxy) is 1. The van der Waals surface area contributed by atoms with Crippen LogP contribution in [0.5, 0.6) is 11.5 Å². The number of nitrogens with one attached hydrogen (secondary N) is 1. The highest BCUT2D eigenvalue weighted by atomic mass is 19.2. The molecule has 0 aliphatic rings. The number of nitrogens with zero attached hydrogens (tertiary/aromatic N) is 1. The summed E-state index contributed by atoms with van der Waals surface area (Å²) in [7, 11) is 0. The van der Waals surface area contributed by atoms with Crippen LogP contribution in [-0.2, 0) is 4.79 Å². The molecule has 0 bridgehead atoms. The summed E-state index contributed by atoms with van der Waals surface area (Å²) in [4.78, 5) is 16.1. The zero-order valence-electron chi connectivity index (χ0n) is 15.1. The van der Waals surface area contributed by atoms with Gasteiger partial charge in [-0.2, -0.15) is 0 Å². The third-order valence-electron chi connectivity index (χ3n) is 4.00. The number of aromatic nitrogens is 1. The summed E-state index contributed by atoms with van der Waals surface area (Å²) in [6.45, 7) is 1.82. The highest BCUT2D eigenvalue weighted by molar-refractivity contribution is 5.92. The number of carbonyl (C=O) groups excluding carboxylic acids is 1. The van der Waals surface area contributed by atoms with E-state index in [0.717, 1.165) is 11.6 Å². The maximum atomic E-state index is 13.6. The molecule has 2 aromatic carbocycles. The molecule has 1 N–H and O–H groups in total. The van der Waals surface area contributed by atoms with Gasteiger partial charge in [-0.3, -0.25) is 9.78 Å². The molecule has 0 fully saturated rings. The van der Waals surface area contributed by atoms with E-state index in [1.54, 1.807) is 24.5 Å². The lowest BCUT2D eigenvalue weighted by atomic mass is 10.1. The summed E-state index contributed by atoms with van der Waals surface area (Å²) in [5.74, 6) is -1.08. The fraction of sp³-hybridized carbons (Fsp3) is 0.0909. The van der Waals surface area contributed by atoms with Crippen molar-refractivity contribution in [2.45, 2.75) is 13.0 Å². The first-order valence-corrected chi connectivity index (χ1v) is 8.63. The van der Waals surface area contributed by atoms with Crippen LogP contribution in [0.15, 0.2) is 73.1 Å². The van der Waals surface area contributed by atoms with E-state index in [1.807, 2.05) is 31.2 Å². The first-order valence-electron chi connectivity index (χ1n) is 8.63. The lowest BCUT2D eigenvalue weighted by Gasteiger charge is -2.14. The lowest BCUT2D eigenvalue weighted by molar-refractivity contribution is -0.117. The molecule has 0 unspecified atom stereocenters. The highest BCUT2D eigenvalue weighted by Gasteiger charge is 2.10. The van der Waals surface area contributed by atoms with Gasteiger partial charge < -0.3 is 10.1 Å². The van der Waals surface area contributed by atoms with Gasteiger partial charge in [-0.05, 0) is 48.9 Å².